The number of benzene rings is 1. The normalized spacial score (nSPS) is 21.8. The van der Waals surface area contributed by atoms with Crippen molar-refractivity contribution in [3.05, 3.63) is 47.5 Å². The van der Waals surface area contributed by atoms with Crippen molar-refractivity contribution in [3.8, 4) is 0 Å². The quantitative estimate of drug-likeness (QED) is 0.897. The summed E-state index contributed by atoms with van der Waals surface area (Å²) in [6, 6.07) is 5.07. The topological polar surface area (TPSA) is 54.2 Å². The molecule has 3 rings (SSSR count). The van der Waals surface area contributed by atoms with Gasteiger partial charge in [0.25, 0.3) is 0 Å². The fourth-order valence-corrected chi connectivity index (χ4v) is 3.31. The van der Waals surface area contributed by atoms with Gasteiger partial charge in [-0.1, -0.05) is 19.1 Å². The van der Waals surface area contributed by atoms with Crippen LogP contribution in [-0.2, 0) is 19.3 Å². The van der Waals surface area contributed by atoms with Crippen molar-refractivity contribution in [1.29, 1.82) is 0 Å². The van der Waals surface area contributed by atoms with E-state index in [1.54, 1.807) is 10.7 Å². The highest BCUT2D eigenvalue weighted by molar-refractivity contribution is 5.29. The smallest absolute Gasteiger partial charge is 0.392 e. The molecular formula is C17H21F3N4O. The van der Waals surface area contributed by atoms with Gasteiger partial charge in [-0.3, -0.25) is 4.90 Å². The van der Waals surface area contributed by atoms with Crippen LogP contribution < -0.4 is 0 Å². The van der Waals surface area contributed by atoms with Crippen LogP contribution in [0.3, 0.4) is 0 Å². The van der Waals surface area contributed by atoms with Gasteiger partial charge in [0.05, 0.1) is 18.2 Å². The molecule has 136 valence electrons. The van der Waals surface area contributed by atoms with Gasteiger partial charge in [-0.15, -0.1) is 0 Å². The number of hydrogen-bond donors (Lipinski definition) is 1. The Balaban J connectivity index is 1.84. The number of alkyl halides is 3. The second-order valence-corrected chi connectivity index (χ2v) is 6.36. The first-order valence-electron chi connectivity index (χ1n) is 8.34. The van der Waals surface area contributed by atoms with E-state index in [9.17, 15) is 18.3 Å². The van der Waals surface area contributed by atoms with Gasteiger partial charge >= 0.3 is 6.18 Å². The molecule has 2 atom stereocenters. The largest absolute Gasteiger partial charge is 0.416 e. The Hall–Kier alpha value is -1.93. The first-order valence-corrected chi connectivity index (χ1v) is 8.34. The lowest BCUT2D eigenvalue weighted by Gasteiger charge is -2.24. The Morgan fingerprint density at radius 1 is 1.32 bits per heavy atom. The van der Waals surface area contributed by atoms with Crippen LogP contribution in [0, 0.1) is 0 Å². The average molecular weight is 354 g/mol. The van der Waals surface area contributed by atoms with E-state index in [0.717, 1.165) is 24.9 Å². The summed E-state index contributed by atoms with van der Waals surface area (Å²) in [4.78, 5) is 6.23. The van der Waals surface area contributed by atoms with E-state index in [1.807, 2.05) is 11.8 Å². The molecular weight excluding hydrogens is 333 g/mol. The molecule has 0 unspecified atom stereocenters. The highest BCUT2D eigenvalue weighted by atomic mass is 19.4. The molecule has 0 bridgehead atoms. The number of aromatic nitrogens is 3. The van der Waals surface area contributed by atoms with Gasteiger partial charge in [0, 0.05) is 19.1 Å². The van der Waals surface area contributed by atoms with E-state index in [-0.39, 0.29) is 6.04 Å². The molecule has 0 amide bonds. The summed E-state index contributed by atoms with van der Waals surface area (Å²) < 4.78 is 40.8. The van der Waals surface area contributed by atoms with Crippen molar-refractivity contribution >= 4 is 0 Å². The maximum absolute atomic E-state index is 13.0. The summed E-state index contributed by atoms with van der Waals surface area (Å²) >= 11 is 0. The van der Waals surface area contributed by atoms with Crippen molar-refractivity contribution in [2.24, 2.45) is 0 Å². The minimum atomic E-state index is -4.38. The second-order valence-electron chi connectivity index (χ2n) is 6.36. The maximum Gasteiger partial charge on any atom is 0.416 e. The van der Waals surface area contributed by atoms with Gasteiger partial charge in [0.1, 0.15) is 12.2 Å². The van der Waals surface area contributed by atoms with E-state index in [4.69, 9.17) is 0 Å². The van der Waals surface area contributed by atoms with Gasteiger partial charge in [-0.2, -0.15) is 18.3 Å². The molecule has 2 heterocycles. The molecule has 1 aliphatic heterocycles. The Labute approximate surface area is 144 Å². The van der Waals surface area contributed by atoms with E-state index >= 15 is 0 Å². The minimum Gasteiger partial charge on any atom is -0.392 e. The lowest BCUT2D eigenvalue weighted by Crippen LogP contribution is -2.26. The maximum atomic E-state index is 13.0. The molecule has 1 saturated heterocycles. The Morgan fingerprint density at radius 3 is 2.84 bits per heavy atom. The molecule has 2 aromatic rings. The van der Waals surface area contributed by atoms with Crippen LogP contribution in [0.2, 0.25) is 0 Å². The zero-order valence-corrected chi connectivity index (χ0v) is 13.9. The summed E-state index contributed by atoms with van der Waals surface area (Å²) in [5, 5.41) is 14.2. The Bertz CT molecular complexity index is 716. The third-order valence-electron chi connectivity index (χ3n) is 4.46. The highest BCUT2D eigenvalue weighted by Gasteiger charge is 2.35. The molecule has 8 heteroatoms. The van der Waals surface area contributed by atoms with Crippen LogP contribution in [0.1, 0.15) is 42.8 Å². The molecule has 1 aliphatic rings. The van der Waals surface area contributed by atoms with Crippen LogP contribution in [0.5, 0.6) is 0 Å². The zero-order valence-electron chi connectivity index (χ0n) is 13.9. The average Bonchev–Trinajstić information content (AvgIpc) is 3.14. The number of aryl methyl sites for hydroxylation is 1. The number of aliphatic hydroxyl groups excluding tert-OH is 1. The molecule has 0 spiro atoms. The molecule has 1 fully saturated rings. The predicted octanol–water partition coefficient (Wildman–Crippen LogP) is 3.01. The number of aliphatic hydroxyl groups is 1. The highest BCUT2D eigenvalue weighted by Crippen LogP contribution is 2.36. The van der Waals surface area contributed by atoms with Crippen LogP contribution in [0.15, 0.2) is 30.6 Å². The Morgan fingerprint density at radius 2 is 2.12 bits per heavy atom. The SMILES string of the molecule is CCCn1ncnc1CN1C[C@H](O)C[C@@H]1c1cccc(C(F)(F)F)c1. The number of halogens is 3. The second kappa shape index (κ2) is 7.13. The van der Waals surface area contributed by atoms with Crippen molar-refractivity contribution in [2.75, 3.05) is 6.54 Å². The van der Waals surface area contributed by atoms with E-state index in [1.165, 1.54) is 18.5 Å². The third kappa shape index (κ3) is 4.01. The summed E-state index contributed by atoms with van der Waals surface area (Å²) in [5.41, 5.74) is -0.103. The zero-order chi connectivity index (χ0) is 18.0. The number of β-amino-alcohol motifs (C(OH)–C–C–N with tert-alkyl or cyclic N) is 1. The lowest BCUT2D eigenvalue weighted by molar-refractivity contribution is -0.137. The van der Waals surface area contributed by atoms with Crippen molar-refractivity contribution in [2.45, 2.75) is 51.2 Å². The summed E-state index contributed by atoms with van der Waals surface area (Å²) in [6.45, 7) is 3.62. The third-order valence-corrected chi connectivity index (χ3v) is 4.46. The standard InChI is InChI=1S/C17H21F3N4O/c1-2-6-24-16(21-11-22-24)10-23-9-14(25)8-15(23)12-4-3-5-13(7-12)17(18,19)20/h3-5,7,11,14-15,25H,2,6,8-10H2,1H3/t14-,15-/m1/s1. The number of hydrogen-bond acceptors (Lipinski definition) is 4. The number of likely N-dealkylation sites (tertiary alicyclic amines) is 1. The molecule has 5 nitrogen and oxygen atoms in total. The van der Waals surface area contributed by atoms with Crippen molar-refractivity contribution in [1.82, 2.24) is 19.7 Å². The monoisotopic (exact) mass is 354 g/mol. The first kappa shape index (κ1) is 17.9. The summed E-state index contributed by atoms with van der Waals surface area (Å²) in [6.07, 6.45) is -2.14. The van der Waals surface area contributed by atoms with Crippen LogP contribution >= 0.6 is 0 Å². The minimum absolute atomic E-state index is 0.274. The molecule has 0 saturated carbocycles. The number of rotatable bonds is 5. The van der Waals surface area contributed by atoms with E-state index < -0.39 is 17.8 Å². The fraction of sp³-hybridized carbons (Fsp3) is 0.529. The first-order chi connectivity index (χ1) is 11.9. The van der Waals surface area contributed by atoms with Gasteiger partial charge in [-0.05, 0) is 30.5 Å². The fourth-order valence-electron chi connectivity index (χ4n) is 3.31. The van der Waals surface area contributed by atoms with E-state index in [2.05, 4.69) is 10.1 Å². The van der Waals surface area contributed by atoms with E-state index in [0.29, 0.717) is 25.1 Å². The van der Waals surface area contributed by atoms with Crippen LogP contribution in [0.25, 0.3) is 0 Å². The molecule has 1 aromatic carbocycles. The molecule has 1 N–H and O–H groups in total. The van der Waals surface area contributed by atoms with Crippen LogP contribution in [0.4, 0.5) is 13.2 Å². The number of nitrogens with zero attached hydrogens (tertiary/aromatic N) is 4. The van der Waals surface area contributed by atoms with Gasteiger partial charge in [0.15, 0.2) is 0 Å². The molecule has 0 radical (unpaired) electrons. The van der Waals surface area contributed by atoms with Crippen molar-refractivity contribution in [3.63, 3.8) is 0 Å². The summed E-state index contributed by atoms with van der Waals surface area (Å²) in [5.74, 6) is 0.757. The molecule has 0 aliphatic carbocycles. The van der Waals surface area contributed by atoms with Gasteiger partial charge in [0.2, 0.25) is 0 Å². The van der Waals surface area contributed by atoms with Gasteiger partial charge < -0.3 is 5.11 Å². The molecule has 25 heavy (non-hydrogen) atoms. The molecule has 1 aromatic heterocycles. The summed E-state index contributed by atoms with van der Waals surface area (Å²) in [7, 11) is 0. The predicted molar refractivity (Wildman–Crippen MR) is 85.5 cm³/mol. The van der Waals surface area contributed by atoms with Crippen LogP contribution in [-0.4, -0.2) is 37.4 Å². The van der Waals surface area contributed by atoms with Gasteiger partial charge in [-0.25, -0.2) is 9.67 Å². The Kier molecular flexibility index (Phi) is 5.10. The lowest BCUT2D eigenvalue weighted by atomic mass is 10.0. The van der Waals surface area contributed by atoms with Crippen molar-refractivity contribution < 1.29 is 18.3 Å².